The fourth-order valence-electron chi connectivity index (χ4n) is 0.822. The van der Waals surface area contributed by atoms with E-state index in [2.05, 4.69) is 25.3 Å². The lowest BCUT2D eigenvalue weighted by Gasteiger charge is -1.99. The van der Waals surface area contributed by atoms with Crippen molar-refractivity contribution in [2.75, 3.05) is 5.32 Å². The van der Waals surface area contributed by atoms with Gasteiger partial charge in [-0.25, -0.2) is 15.0 Å². The number of nitrogens with one attached hydrogen (secondary N) is 2. The second kappa shape index (κ2) is 3.40. The van der Waals surface area contributed by atoms with Crippen LogP contribution in [0.25, 0.3) is 0 Å². The van der Waals surface area contributed by atoms with Gasteiger partial charge in [0, 0.05) is 0 Å². The van der Waals surface area contributed by atoms with E-state index in [0.29, 0.717) is 11.0 Å². The van der Waals surface area contributed by atoms with Gasteiger partial charge in [0.2, 0.25) is 5.95 Å². The maximum Gasteiger partial charge on any atom is 0.228 e. The summed E-state index contributed by atoms with van der Waals surface area (Å²) in [6.07, 6.45) is 6.25. The summed E-state index contributed by atoms with van der Waals surface area (Å²) in [7, 11) is 0. The topological polar surface area (TPSA) is 66.5 Å². The van der Waals surface area contributed by atoms with Gasteiger partial charge in [-0.3, -0.25) is 0 Å². The summed E-state index contributed by atoms with van der Waals surface area (Å²) in [4.78, 5) is 14.6. The van der Waals surface area contributed by atoms with Crippen molar-refractivity contribution >= 4 is 23.4 Å². The first-order valence-corrected chi connectivity index (χ1v) is 3.95. The molecule has 6 heteroatoms. The van der Waals surface area contributed by atoms with Crippen LogP contribution in [0.5, 0.6) is 0 Å². The van der Waals surface area contributed by atoms with Crippen LogP contribution in [0.1, 0.15) is 0 Å². The molecule has 0 spiro atoms. The van der Waals surface area contributed by atoms with Gasteiger partial charge >= 0.3 is 0 Å². The average Bonchev–Trinajstić information content (AvgIpc) is 2.62. The van der Waals surface area contributed by atoms with E-state index in [0.717, 1.165) is 5.82 Å². The van der Waals surface area contributed by atoms with Crippen LogP contribution in [0.4, 0.5) is 11.8 Å². The summed E-state index contributed by atoms with van der Waals surface area (Å²) >= 11 is 5.62. The Morgan fingerprint density at radius 1 is 1.23 bits per heavy atom. The smallest absolute Gasteiger partial charge is 0.228 e. The highest BCUT2D eigenvalue weighted by molar-refractivity contribution is 6.30. The summed E-state index contributed by atoms with van der Waals surface area (Å²) in [5, 5.41) is 3.42. The number of imidazole rings is 1. The second-order valence-corrected chi connectivity index (χ2v) is 2.75. The highest BCUT2D eigenvalue weighted by Gasteiger charge is 1.97. The molecular formula is C7H6ClN5. The van der Waals surface area contributed by atoms with Crippen molar-refractivity contribution in [3.63, 3.8) is 0 Å². The number of aromatic nitrogens is 4. The molecule has 0 aliphatic heterocycles. The molecule has 0 atom stereocenters. The third-order valence-corrected chi connectivity index (χ3v) is 1.56. The second-order valence-electron chi connectivity index (χ2n) is 2.32. The highest BCUT2D eigenvalue weighted by atomic mass is 35.5. The Kier molecular flexibility index (Phi) is 2.09. The summed E-state index contributed by atoms with van der Waals surface area (Å²) in [5.41, 5.74) is 0. The van der Waals surface area contributed by atoms with Gasteiger partial charge in [-0.15, -0.1) is 0 Å². The minimum atomic E-state index is 0.480. The van der Waals surface area contributed by atoms with Crippen LogP contribution in [-0.2, 0) is 0 Å². The van der Waals surface area contributed by atoms with E-state index in [1.807, 2.05) is 0 Å². The molecule has 0 aliphatic rings. The number of aromatic amines is 1. The van der Waals surface area contributed by atoms with Crippen LogP contribution in [0.3, 0.4) is 0 Å². The lowest BCUT2D eigenvalue weighted by Crippen LogP contribution is -1.95. The average molecular weight is 196 g/mol. The van der Waals surface area contributed by atoms with Gasteiger partial charge in [-0.05, 0) is 0 Å². The first kappa shape index (κ1) is 8.00. The number of hydrogen-bond donors (Lipinski definition) is 2. The molecule has 13 heavy (non-hydrogen) atoms. The Bertz CT molecular complexity index is 368. The standard InChI is InChI=1S/C7H6ClN5/c8-5-1-10-7(11-2-5)13-6-3-9-4-12-6/h1-4H,(H,9,12)(H,10,11,13). The first-order valence-electron chi connectivity index (χ1n) is 3.57. The van der Waals surface area contributed by atoms with Gasteiger partial charge in [0.15, 0.2) is 0 Å². The summed E-state index contributed by atoms with van der Waals surface area (Å²) in [6.45, 7) is 0. The molecule has 2 heterocycles. The highest BCUT2D eigenvalue weighted by Crippen LogP contribution is 2.09. The number of halogens is 1. The zero-order valence-electron chi connectivity index (χ0n) is 6.53. The minimum absolute atomic E-state index is 0.480. The van der Waals surface area contributed by atoms with Crippen molar-refractivity contribution in [1.82, 2.24) is 19.9 Å². The number of hydrogen-bond acceptors (Lipinski definition) is 4. The fourth-order valence-corrected chi connectivity index (χ4v) is 0.919. The number of H-pyrrole nitrogens is 1. The first-order chi connectivity index (χ1) is 6.34. The third kappa shape index (κ3) is 1.94. The van der Waals surface area contributed by atoms with Gasteiger partial charge in [0.05, 0.1) is 29.9 Å². The van der Waals surface area contributed by atoms with Gasteiger partial charge < -0.3 is 10.3 Å². The van der Waals surface area contributed by atoms with Crippen molar-refractivity contribution < 1.29 is 0 Å². The molecule has 0 unspecified atom stereocenters. The molecule has 2 N–H and O–H groups in total. The van der Waals surface area contributed by atoms with Crippen molar-refractivity contribution in [2.24, 2.45) is 0 Å². The monoisotopic (exact) mass is 195 g/mol. The molecule has 0 bridgehead atoms. The Morgan fingerprint density at radius 2 is 2.00 bits per heavy atom. The molecule has 0 aliphatic carbocycles. The van der Waals surface area contributed by atoms with E-state index in [-0.39, 0.29) is 0 Å². The molecule has 66 valence electrons. The molecule has 5 nitrogen and oxygen atoms in total. The maximum absolute atomic E-state index is 5.62. The van der Waals surface area contributed by atoms with E-state index < -0.39 is 0 Å². The summed E-state index contributed by atoms with van der Waals surface area (Å²) in [6, 6.07) is 0. The molecular weight excluding hydrogens is 190 g/mol. The fraction of sp³-hybridized carbons (Fsp3) is 0. The van der Waals surface area contributed by atoms with E-state index in [4.69, 9.17) is 11.6 Å². The number of rotatable bonds is 2. The Labute approximate surface area is 79.2 Å². The molecule has 2 aromatic rings. The van der Waals surface area contributed by atoms with Crippen LogP contribution in [0.2, 0.25) is 5.02 Å². The van der Waals surface area contributed by atoms with Crippen LogP contribution < -0.4 is 5.32 Å². The van der Waals surface area contributed by atoms with Gasteiger partial charge in [0.25, 0.3) is 0 Å². The molecule has 2 aromatic heterocycles. The molecule has 0 amide bonds. The van der Waals surface area contributed by atoms with Gasteiger partial charge in [0.1, 0.15) is 5.82 Å². The summed E-state index contributed by atoms with van der Waals surface area (Å²) < 4.78 is 0. The van der Waals surface area contributed by atoms with E-state index in [1.165, 1.54) is 12.4 Å². The predicted molar refractivity (Wildman–Crippen MR) is 48.9 cm³/mol. The van der Waals surface area contributed by atoms with Crippen LogP contribution in [0.15, 0.2) is 24.9 Å². The Morgan fingerprint density at radius 3 is 2.62 bits per heavy atom. The molecule has 0 saturated heterocycles. The molecule has 0 saturated carbocycles. The van der Waals surface area contributed by atoms with Crippen LogP contribution in [0, 0.1) is 0 Å². The van der Waals surface area contributed by atoms with Gasteiger partial charge in [-0.1, -0.05) is 11.6 Å². The summed E-state index contributed by atoms with van der Waals surface area (Å²) in [5.74, 6) is 1.22. The predicted octanol–water partition coefficient (Wildman–Crippen LogP) is 1.60. The molecule has 0 aromatic carbocycles. The van der Waals surface area contributed by atoms with Crippen molar-refractivity contribution in [3.8, 4) is 0 Å². The lowest BCUT2D eigenvalue weighted by molar-refractivity contribution is 1.16. The molecule has 0 radical (unpaired) electrons. The zero-order valence-corrected chi connectivity index (χ0v) is 7.28. The van der Waals surface area contributed by atoms with E-state index >= 15 is 0 Å². The zero-order chi connectivity index (χ0) is 9.10. The Hall–Kier alpha value is -1.62. The molecule has 2 rings (SSSR count). The Balaban J connectivity index is 2.15. The van der Waals surface area contributed by atoms with Crippen molar-refractivity contribution in [1.29, 1.82) is 0 Å². The van der Waals surface area contributed by atoms with E-state index in [1.54, 1.807) is 12.5 Å². The quantitative estimate of drug-likeness (QED) is 0.764. The van der Waals surface area contributed by atoms with Crippen molar-refractivity contribution in [3.05, 3.63) is 29.9 Å². The van der Waals surface area contributed by atoms with Crippen molar-refractivity contribution in [2.45, 2.75) is 0 Å². The normalized spacial score (nSPS) is 9.92. The third-order valence-electron chi connectivity index (χ3n) is 1.37. The van der Waals surface area contributed by atoms with Gasteiger partial charge in [-0.2, -0.15) is 0 Å². The minimum Gasteiger partial charge on any atom is -0.331 e. The largest absolute Gasteiger partial charge is 0.331 e. The van der Waals surface area contributed by atoms with E-state index in [9.17, 15) is 0 Å². The lowest BCUT2D eigenvalue weighted by atomic mass is 10.6. The SMILES string of the molecule is Clc1cnc(Nc2cnc[nH]2)nc1. The van der Waals surface area contributed by atoms with Crippen LogP contribution in [-0.4, -0.2) is 19.9 Å². The number of nitrogens with zero attached hydrogens (tertiary/aromatic N) is 3. The number of anilines is 2. The van der Waals surface area contributed by atoms with Crippen LogP contribution >= 0.6 is 11.6 Å². The molecule has 0 fully saturated rings. The maximum atomic E-state index is 5.62.